The number of carbonyl (C=O) groups is 2. The lowest BCUT2D eigenvalue weighted by Gasteiger charge is -2.30. The van der Waals surface area contributed by atoms with E-state index in [1.54, 1.807) is 0 Å². The van der Waals surface area contributed by atoms with E-state index in [1.807, 2.05) is 0 Å². The standard InChI is InChI=1S/C14H11FN4O2S/c1-8(20)13-12(10-3-5-11(15)6-4-10)19(9(2)21)18-7-16-17-14(18)22-13/h3-7H,1-2H3. The summed E-state index contributed by atoms with van der Waals surface area (Å²) in [6, 6.07) is 5.62. The summed E-state index contributed by atoms with van der Waals surface area (Å²) < 4.78 is 14.6. The number of amides is 1. The van der Waals surface area contributed by atoms with Crippen LogP contribution in [0.15, 0.2) is 40.7 Å². The molecule has 0 fully saturated rings. The third-order valence-corrected chi connectivity index (χ3v) is 4.21. The van der Waals surface area contributed by atoms with Crippen LogP contribution in [-0.2, 0) is 9.59 Å². The fraction of sp³-hybridized carbons (Fsp3) is 0.143. The van der Waals surface area contributed by atoms with Gasteiger partial charge in [-0.2, -0.15) is 0 Å². The molecule has 0 radical (unpaired) electrons. The van der Waals surface area contributed by atoms with Crippen LogP contribution in [0.4, 0.5) is 4.39 Å². The Morgan fingerprint density at radius 2 is 1.86 bits per heavy atom. The van der Waals surface area contributed by atoms with Crippen molar-refractivity contribution in [1.82, 2.24) is 14.9 Å². The van der Waals surface area contributed by atoms with E-state index in [0.29, 0.717) is 21.3 Å². The van der Waals surface area contributed by atoms with Crippen LogP contribution in [-0.4, -0.2) is 26.6 Å². The molecule has 1 aliphatic rings. The molecule has 22 heavy (non-hydrogen) atoms. The molecular weight excluding hydrogens is 307 g/mol. The number of benzene rings is 1. The van der Waals surface area contributed by atoms with Crippen molar-refractivity contribution in [3.63, 3.8) is 0 Å². The number of ketones is 1. The van der Waals surface area contributed by atoms with E-state index in [9.17, 15) is 14.0 Å². The van der Waals surface area contributed by atoms with Gasteiger partial charge in [0.25, 0.3) is 0 Å². The van der Waals surface area contributed by atoms with Crippen molar-refractivity contribution in [3.05, 3.63) is 46.9 Å². The highest BCUT2D eigenvalue weighted by molar-refractivity contribution is 8.04. The minimum atomic E-state index is -0.392. The van der Waals surface area contributed by atoms with Gasteiger partial charge in [0.15, 0.2) is 5.78 Å². The molecule has 112 valence electrons. The predicted octanol–water partition coefficient (Wildman–Crippen LogP) is 1.97. The summed E-state index contributed by atoms with van der Waals surface area (Å²) in [5, 5.41) is 9.41. The normalized spacial score (nSPS) is 14.0. The first-order chi connectivity index (χ1) is 10.5. The number of allylic oxidation sites excluding steroid dienone is 1. The van der Waals surface area contributed by atoms with Gasteiger partial charge in [-0.05, 0) is 43.0 Å². The number of Topliss-reactive ketones (excluding diaryl/α,β-unsaturated/α-hetero) is 1. The Morgan fingerprint density at radius 1 is 1.18 bits per heavy atom. The highest BCUT2D eigenvalue weighted by Gasteiger charge is 2.32. The molecule has 0 bridgehead atoms. The van der Waals surface area contributed by atoms with Crippen molar-refractivity contribution < 1.29 is 14.0 Å². The molecule has 0 atom stereocenters. The zero-order chi connectivity index (χ0) is 15.9. The first kappa shape index (κ1) is 14.5. The van der Waals surface area contributed by atoms with Gasteiger partial charge < -0.3 is 0 Å². The minimum absolute atomic E-state index is 0.204. The number of hydrogen-bond acceptors (Lipinski definition) is 5. The van der Waals surface area contributed by atoms with Crippen LogP contribution >= 0.6 is 11.8 Å². The van der Waals surface area contributed by atoms with Crippen LogP contribution in [0.25, 0.3) is 5.70 Å². The Morgan fingerprint density at radius 3 is 2.45 bits per heavy atom. The van der Waals surface area contributed by atoms with Gasteiger partial charge in [-0.15, -0.1) is 10.2 Å². The van der Waals surface area contributed by atoms with Crippen molar-refractivity contribution in [2.75, 3.05) is 5.01 Å². The average molecular weight is 318 g/mol. The molecule has 1 aliphatic heterocycles. The molecule has 1 amide bonds. The number of fused-ring (bicyclic) bond motifs is 1. The maximum atomic E-state index is 13.2. The van der Waals surface area contributed by atoms with Gasteiger partial charge in [-0.25, -0.2) is 14.1 Å². The Hall–Kier alpha value is -2.48. The molecule has 1 aromatic carbocycles. The lowest BCUT2D eigenvalue weighted by atomic mass is 10.1. The van der Waals surface area contributed by atoms with Crippen molar-refractivity contribution in [1.29, 1.82) is 0 Å². The Bertz CT molecular complexity index is 797. The maximum Gasteiger partial charge on any atom is 0.243 e. The number of carbonyl (C=O) groups excluding carboxylic acids is 2. The summed E-state index contributed by atoms with van der Waals surface area (Å²) in [6.45, 7) is 2.79. The van der Waals surface area contributed by atoms with Gasteiger partial charge in [0.2, 0.25) is 11.1 Å². The van der Waals surface area contributed by atoms with Gasteiger partial charge >= 0.3 is 0 Å². The number of thioether (sulfide) groups is 1. The largest absolute Gasteiger partial charge is 0.294 e. The summed E-state index contributed by atoms with van der Waals surface area (Å²) in [6.07, 6.45) is 1.39. The minimum Gasteiger partial charge on any atom is -0.294 e. The third kappa shape index (κ3) is 2.31. The molecule has 0 N–H and O–H groups in total. The predicted molar refractivity (Wildman–Crippen MR) is 78.8 cm³/mol. The molecule has 0 aliphatic carbocycles. The smallest absolute Gasteiger partial charge is 0.243 e. The second kappa shape index (κ2) is 5.38. The highest BCUT2D eigenvalue weighted by atomic mass is 32.2. The van der Waals surface area contributed by atoms with Crippen molar-refractivity contribution >= 4 is 29.1 Å². The summed E-state index contributed by atoms with van der Waals surface area (Å²) in [4.78, 5) is 24.5. The number of nitrogens with zero attached hydrogens (tertiary/aromatic N) is 4. The lowest BCUT2D eigenvalue weighted by molar-refractivity contribution is -0.117. The second-order valence-electron chi connectivity index (χ2n) is 4.63. The van der Waals surface area contributed by atoms with Crippen LogP contribution in [0, 0.1) is 5.82 Å². The molecule has 8 heteroatoms. The van der Waals surface area contributed by atoms with E-state index >= 15 is 0 Å². The van der Waals surface area contributed by atoms with Crippen molar-refractivity contribution in [2.45, 2.75) is 19.0 Å². The van der Waals surface area contributed by atoms with Crippen LogP contribution in [0.1, 0.15) is 19.4 Å². The third-order valence-electron chi connectivity index (χ3n) is 3.07. The van der Waals surface area contributed by atoms with Gasteiger partial charge in [-0.3, -0.25) is 9.59 Å². The molecule has 0 saturated heterocycles. The number of rotatable bonds is 2. The maximum absolute atomic E-state index is 13.2. The van der Waals surface area contributed by atoms with E-state index in [4.69, 9.17) is 0 Å². The molecule has 2 heterocycles. The molecular formula is C14H11FN4O2S. The molecule has 0 unspecified atom stereocenters. The number of aromatic nitrogens is 3. The molecule has 6 nitrogen and oxygen atoms in total. The fourth-order valence-electron chi connectivity index (χ4n) is 2.18. The van der Waals surface area contributed by atoms with Crippen molar-refractivity contribution in [3.8, 4) is 0 Å². The molecule has 0 spiro atoms. The topological polar surface area (TPSA) is 68.1 Å². The summed E-state index contributed by atoms with van der Waals surface area (Å²) >= 11 is 1.13. The first-order valence-electron chi connectivity index (χ1n) is 6.39. The molecule has 0 saturated carbocycles. The number of hydrogen-bond donors (Lipinski definition) is 0. The second-order valence-corrected chi connectivity index (χ2v) is 5.61. The van der Waals surface area contributed by atoms with E-state index in [2.05, 4.69) is 10.2 Å². The zero-order valence-corrected chi connectivity index (χ0v) is 12.6. The Balaban J connectivity index is 2.25. The van der Waals surface area contributed by atoms with E-state index in [-0.39, 0.29) is 11.7 Å². The highest BCUT2D eigenvalue weighted by Crippen LogP contribution is 2.38. The van der Waals surface area contributed by atoms with E-state index in [1.165, 1.54) is 54.1 Å². The van der Waals surface area contributed by atoms with Gasteiger partial charge in [0, 0.05) is 12.5 Å². The Labute approximate surface area is 129 Å². The van der Waals surface area contributed by atoms with Crippen LogP contribution in [0.3, 0.4) is 0 Å². The first-order valence-corrected chi connectivity index (χ1v) is 7.20. The molecule has 1 aromatic heterocycles. The lowest BCUT2D eigenvalue weighted by Crippen LogP contribution is -2.40. The average Bonchev–Trinajstić information content (AvgIpc) is 2.93. The van der Waals surface area contributed by atoms with Crippen molar-refractivity contribution in [2.24, 2.45) is 0 Å². The SMILES string of the molecule is CC(=O)C1=C(c2ccc(F)cc2)N(C(C)=O)n2cnnc2S1. The van der Waals surface area contributed by atoms with Crippen LogP contribution in [0.2, 0.25) is 0 Å². The van der Waals surface area contributed by atoms with E-state index < -0.39 is 5.82 Å². The van der Waals surface area contributed by atoms with Crippen LogP contribution < -0.4 is 5.01 Å². The summed E-state index contributed by atoms with van der Waals surface area (Å²) in [5.74, 6) is -0.902. The summed E-state index contributed by atoms with van der Waals surface area (Å²) in [7, 11) is 0. The fourth-order valence-corrected chi connectivity index (χ4v) is 3.11. The zero-order valence-electron chi connectivity index (χ0n) is 11.8. The molecule has 3 rings (SSSR count). The van der Waals surface area contributed by atoms with Gasteiger partial charge in [0.1, 0.15) is 12.1 Å². The summed E-state index contributed by atoms with van der Waals surface area (Å²) in [5.41, 5.74) is 0.964. The quantitative estimate of drug-likeness (QED) is 0.847. The van der Waals surface area contributed by atoms with Crippen LogP contribution in [0.5, 0.6) is 0 Å². The monoisotopic (exact) mass is 318 g/mol. The van der Waals surface area contributed by atoms with Gasteiger partial charge in [0.05, 0.1) is 10.6 Å². The Kier molecular flexibility index (Phi) is 3.53. The van der Waals surface area contributed by atoms with E-state index in [0.717, 1.165) is 11.8 Å². The molecule has 2 aromatic rings. The number of halogens is 1. The van der Waals surface area contributed by atoms with Gasteiger partial charge in [-0.1, -0.05) is 0 Å².